The molecule has 0 spiro atoms. The van der Waals surface area contributed by atoms with Gasteiger partial charge >= 0.3 is 0 Å². The van der Waals surface area contributed by atoms with Gasteiger partial charge in [0.05, 0.1) is 33.8 Å². The molecule has 0 saturated carbocycles. The van der Waals surface area contributed by atoms with E-state index in [1.165, 1.54) is 77.8 Å². The third kappa shape index (κ3) is 3.54. The van der Waals surface area contributed by atoms with Gasteiger partial charge in [0, 0.05) is 27.8 Å². The lowest BCUT2D eigenvalue weighted by Crippen LogP contribution is -2.25. The zero-order chi connectivity index (χ0) is 30.2. The molecule has 2 heterocycles. The van der Waals surface area contributed by atoms with Gasteiger partial charge in [-0.15, -0.1) is 0 Å². The summed E-state index contributed by atoms with van der Waals surface area (Å²) in [6.07, 6.45) is 5.48. The van der Waals surface area contributed by atoms with Gasteiger partial charge in [0.15, 0.2) is 0 Å². The molecule has 46 heavy (non-hydrogen) atoms. The molecule has 10 rings (SSSR count). The number of anilines is 6. The minimum atomic E-state index is 0.889. The van der Waals surface area contributed by atoms with E-state index in [0.717, 1.165) is 12.1 Å². The van der Waals surface area contributed by atoms with Crippen LogP contribution in [0.2, 0.25) is 0 Å². The van der Waals surface area contributed by atoms with Crippen LogP contribution < -0.4 is 9.80 Å². The number of rotatable bonds is 3. The van der Waals surface area contributed by atoms with Gasteiger partial charge in [-0.05, 0) is 95.1 Å². The van der Waals surface area contributed by atoms with Crippen molar-refractivity contribution < 1.29 is 0 Å². The fourth-order valence-electron chi connectivity index (χ4n) is 7.78. The summed E-state index contributed by atoms with van der Waals surface area (Å²) in [5.41, 5.74) is 13.4. The second-order valence-corrected chi connectivity index (χ2v) is 12.2. The Morgan fingerprint density at radius 1 is 0.457 bits per heavy atom. The molecule has 8 aromatic rings. The Bertz CT molecular complexity index is 2510. The number of nitrogens with zero attached hydrogens (tertiary/aromatic N) is 3. The maximum absolute atomic E-state index is 2.49. The molecule has 0 saturated heterocycles. The predicted molar refractivity (Wildman–Crippen MR) is 194 cm³/mol. The number of allylic oxidation sites excluding steroid dienone is 1. The van der Waals surface area contributed by atoms with Crippen LogP contribution in [0, 0.1) is 0 Å². The molecule has 0 fully saturated rings. The Morgan fingerprint density at radius 3 is 1.98 bits per heavy atom. The molecule has 3 heteroatoms. The molecule has 0 unspecified atom stereocenters. The van der Waals surface area contributed by atoms with E-state index in [0.29, 0.717) is 0 Å². The first kappa shape index (κ1) is 25.3. The lowest BCUT2D eigenvalue weighted by atomic mass is 9.88. The Balaban J connectivity index is 1.29. The van der Waals surface area contributed by atoms with E-state index in [9.17, 15) is 0 Å². The van der Waals surface area contributed by atoms with Crippen LogP contribution in [0.1, 0.15) is 11.1 Å². The topological polar surface area (TPSA) is 11.4 Å². The molecule has 1 aromatic heterocycles. The highest BCUT2D eigenvalue weighted by molar-refractivity contribution is 6.13. The second-order valence-electron chi connectivity index (χ2n) is 12.2. The average Bonchev–Trinajstić information content (AvgIpc) is 3.45. The van der Waals surface area contributed by atoms with Crippen molar-refractivity contribution in [1.82, 2.24) is 4.57 Å². The molecule has 7 aromatic carbocycles. The molecule has 3 nitrogen and oxygen atoms in total. The van der Waals surface area contributed by atoms with Gasteiger partial charge in [-0.2, -0.15) is 0 Å². The predicted octanol–water partition coefficient (Wildman–Crippen LogP) is 11.8. The zero-order valence-electron chi connectivity index (χ0n) is 25.1. The van der Waals surface area contributed by atoms with E-state index >= 15 is 0 Å². The Morgan fingerprint density at radius 2 is 1.15 bits per heavy atom. The molecule has 0 atom stereocenters. The van der Waals surface area contributed by atoms with Crippen molar-refractivity contribution in [2.24, 2.45) is 0 Å². The minimum Gasteiger partial charge on any atom is -0.309 e. The van der Waals surface area contributed by atoms with Gasteiger partial charge in [0.2, 0.25) is 0 Å². The van der Waals surface area contributed by atoms with Gasteiger partial charge in [0.1, 0.15) is 0 Å². The van der Waals surface area contributed by atoms with Crippen molar-refractivity contribution in [3.05, 3.63) is 169 Å². The second kappa shape index (κ2) is 9.72. The van der Waals surface area contributed by atoms with Gasteiger partial charge in [0.25, 0.3) is 0 Å². The number of hydrogen-bond donors (Lipinski definition) is 0. The monoisotopic (exact) mass is 587 g/mol. The number of fused-ring (bicyclic) bond motifs is 6. The molecular weight excluding hydrogens is 558 g/mol. The summed E-state index contributed by atoms with van der Waals surface area (Å²) in [4.78, 5) is 4.96. The molecule has 0 amide bonds. The number of para-hydroxylation sites is 5. The van der Waals surface area contributed by atoms with Crippen molar-refractivity contribution in [2.45, 2.75) is 6.42 Å². The molecule has 1 aliphatic heterocycles. The Hall–Kier alpha value is -6.06. The molecule has 0 radical (unpaired) electrons. The summed E-state index contributed by atoms with van der Waals surface area (Å²) in [7, 11) is 0. The highest BCUT2D eigenvalue weighted by atomic mass is 15.3. The third-order valence-electron chi connectivity index (χ3n) is 9.64. The molecule has 0 N–H and O–H groups in total. The molecule has 2 aliphatic rings. The van der Waals surface area contributed by atoms with Crippen LogP contribution in [0.25, 0.3) is 44.3 Å². The van der Waals surface area contributed by atoms with E-state index in [2.05, 4.69) is 178 Å². The van der Waals surface area contributed by atoms with Crippen LogP contribution in [0.15, 0.2) is 158 Å². The van der Waals surface area contributed by atoms with E-state index in [1.807, 2.05) is 0 Å². The fourth-order valence-corrected chi connectivity index (χ4v) is 7.78. The standard InChI is InChI=1S/C43H29N3/c1-3-16-31(17-4-1)44-37-22-8-7-20-34(37)36-28-33(25-26-38(36)44)45-39-23-9-10-24-40(39)46(32-18-5-2-6-19-32)43-35-21-12-14-29-13-11-15-30(42(29)35)27-41(43)45/h1-20,22-28H,21H2. The van der Waals surface area contributed by atoms with E-state index in [1.54, 1.807) is 0 Å². The van der Waals surface area contributed by atoms with Crippen LogP contribution in [0.3, 0.4) is 0 Å². The fraction of sp³-hybridized carbons (Fsp3) is 0.0233. The van der Waals surface area contributed by atoms with Crippen molar-refractivity contribution in [2.75, 3.05) is 9.80 Å². The van der Waals surface area contributed by atoms with Crippen molar-refractivity contribution in [3.63, 3.8) is 0 Å². The maximum atomic E-state index is 2.49. The number of aromatic nitrogens is 1. The molecular formula is C43H29N3. The molecule has 216 valence electrons. The summed E-state index contributed by atoms with van der Waals surface area (Å²) >= 11 is 0. The first-order valence-corrected chi connectivity index (χ1v) is 15.9. The number of hydrogen-bond acceptors (Lipinski definition) is 2. The first-order chi connectivity index (χ1) is 22.8. The SMILES string of the molecule is C1=Cc2cccc3cc4c(c(c23)C1)N(c1ccccc1)c1ccccc1N4c1ccc2c(c1)c1ccccc1n2-c1ccccc1. The third-order valence-corrected chi connectivity index (χ3v) is 9.64. The van der Waals surface area contributed by atoms with Crippen molar-refractivity contribution in [1.29, 1.82) is 0 Å². The lowest BCUT2D eigenvalue weighted by molar-refractivity contribution is 1.14. The van der Waals surface area contributed by atoms with E-state index in [-0.39, 0.29) is 0 Å². The molecule has 0 bridgehead atoms. The maximum Gasteiger partial charge on any atom is 0.0745 e. The van der Waals surface area contributed by atoms with Gasteiger partial charge in [-0.1, -0.05) is 97.1 Å². The summed E-state index contributed by atoms with van der Waals surface area (Å²) in [5, 5.41) is 5.12. The van der Waals surface area contributed by atoms with Gasteiger partial charge in [-0.3, -0.25) is 0 Å². The van der Waals surface area contributed by atoms with Gasteiger partial charge < -0.3 is 14.4 Å². The summed E-state index contributed by atoms with van der Waals surface area (Å²) < 4.78 is 2.38. The Kier molecular flexibility index (Phi) is 5.34. The number of benzene rings is 7. The van der Waals surface area contributed by atoms with Crippen LogP contribution in [0.5, 0.6) is 0 Å². The van der Waals surface area contributed by atoms with Crippen LogP contribution in [0.4, 0.5) is 34.1 Å². The van der Waals surface area contributed by atoms with E-state index < -0.39 is 0 Å². The minimum absolute atomic E-state index is 0.889. The first-order valence-electron chi connectivity index (χ1n) is 15.9. The average molecular weight is 588 g/mol. The van der Waals surface area contributed by atoms with Crippen molar-refractivity contribution in [3.8, 4) is 5.69 Å². The smallest absolute Gasteiger partial charge is 0.0745 e. The lowest BCUT2D eigenvalue weighted by Gasteiger charge is -2.42. The highest BCUT2D eigenvalue weighted by Gasteiger charge is 2.34. The zero-order valence-corrected chi connectivity index (χ0v) is 25.1. The quantitative estimate of drug-likeness (QED) is 0.204. The van der Waals surface area contributed by atoms with E-state index in [4.69, 9.17) is 0 Å². The molecule has 1 aliphatic carbocycles. The highest BCUT2D eigenvalue weighted by Crippen LogP contribution is 2.57. The summed E-state index contributed by atoms with van der Waals surface area (Å²) in [5.74, 6) is 0. The summed E-state index contributed by atoms with van der Waals surface area (Å²) in [6, 6.07) is 55.2. The largest absolute Gasteiger partial charge is 0.309 e. The van der Waals surface area contributed by atoms with Crippen LogP contribution in [-0.2, 0) is 6.42 Å². The normalized spacial score (nSPS) is 13.4. The van der Waals surface area contributed by atoms with Gasteiger partial charge in [-0.25, -0.2) is 0 Å². The van der Waals surface area contributed by atoms with Crippen molar-refractivity contribution >= 4 is 72.8 Å². The van der Waals surface area contributed by atoms with Crippen LogP contribution in [-0.4, -0.2) is 4.57 Å². The van der Waals surface area contributed by atoms with Crippen LogP contribution >= 0.6 is 0 Å². The summed E-state index contributed by atoms with van der Waals surface area (Å²) in [6.45, 7) is 0. The Labute approximate surface area is 267 Å².